The number of anilines is 2. The van der Waals surface area contributed by atoms with Crippen LogP contribution in [0.25, 0.3) is 5.57 Å². The molecule has 0 unspecified atom stereocenters. The van der Waals surface area contributed by atoms with Gasteiger partial charge in [0.2, 0.25) is 0 Å². The number of rotatable bonds is 3. The monoisotopic (exact) mass is 432 g/mol. The average Bonchev–Trinajstić information content (AvgIpc) is 3.04. The van der Waals surface area contributed by atoms with Crippen molar-refractivity contribution in [2.24, 2.45) is 0 Å². The molecular weight excluding hydrogens is 415 g/mol. The maximum Gasteiger partial charge on any atom is 0.282 e. The molecule has 154 valence electrons. The number of halogens is 2. The van der Waals surface area contributed by atoms with E-state index in [1.54, 1.807) is 30.3 Å². The fraction of sp³-hybridized carbons (Fsp3) is 0.120. The predicted octanol–water partition coefficient (Wildman–Crippen LogP) is 5.22. The number of aryl methyl sites for hydroxylation is 1. The summed E-state index contributed by atoms with van der Waals surface area (Å²) in [5, 5.41) is 0.525. The van der Waals surface area contributed by atoms with E-state index in [1.807, 2.05) is 29.2 Å². The highest BCUT2D eigenvalue weighted by molar-refractivity contribution is 6.46. The van der Waals surface area contributed by atoms with E-state index in [0.29, 0.717) is 17.1 Å². The predicted molar refractivity (Wildman–Crippen MR) is 119 cm³/mol. The summed E-state index contributed by atoms with van der Waals surface area (Å²) in [6.07, 6.45) is 1.74. The molecule has 0 aromatic heterocycles. The number of carbonyl (C=O) groups excluding carboxylic acids is 2. The van der Waals surface area contributed by atoms with Gasteiger partial charge >= 0.3 is 0 Å². The Balaban J connectivity index is 1.72. The Labute approximate surface area is 184 Å². The molecule has 0 bridgehead atoms. The Morgan fingerprint density at radius 3 is 2.23 bits per heavy atom. The van der Waals surface area contributed by atoms with Gasteiger partial charge in [0.1, 0.15) is 11.5 Å². The van der Waals surface area contributed by atoms with Crippen LogP contribution in [0.4, 0.5) is 15.8 Å². The molecule has 6 heteroatoms. The molecule has 5 rings (SSSR count). The number of benzene rings is 3. The van der Waals surface area contributed by atoms with Gasteiger partial charge in [0.25, 0.3) is 11.8 Å². The average molecular weight is 433 g/mol. The van der Waals surface area contributed by atoms with Crippen molar-refractivity contribution in [1.29, 1.82) is 0 Å². The lowest BCUT2D eigenvalue weighted by molar-refractivity contribution is -0.120. The van der Waals surface area contributed by atoms with Crippen LogP contribution >= 0.6 is 11.6 Å². The van der Waals surface area contributed by atoms with Crippen LogP contribution in [-0.2, 0) is 16.0 Å². The molecule has 3 aromatic rings. The number of para-hydroxylation sites is 2. The largest absolute Gasteiger partial charge is 0.336 e. The summed E-state index contributed by atoms with van der Waals surface area (Å²) in [5.74, 6) is -1.70. The molecule has 0 saturated carbocycles. The highest BCUT2D eigenvalue weighted by Gasteiger charge is 2.44. The van der Waals surface area contributed by atoms with Gasteiger partial charge in [-0.3, -0.25) is 9.59 Å². The lowest BCUT2D eigenvalue weighted by Gasteiger charge is -2.32. The van der Waals surface area contributed by atoms with E-state index in [9.17, 15) is 14.0 Å². The number of hydrogen-bond acceptors (Lipinski definition) is 3. The molecular formula is C25H18ClFN2O2. The summed E-state index contributed by atoms with van der Waals surface area (Å²) in [7, 11) is 0. The SMILES string of the molecule is O=C1C(c2ccc(Cl)cc2)=C(N2CCCc3ccccc32)C(=O)N1c1ccccc1F. The first-order valence-corrected chi connectivity index (χ1v) is 10.4. The first-order chi connectivity index (χ1) is 15.1. The standard InChI is InChI=1S/C25H18ClFN2O2/c26-18-13-11-17(12-14-18)22-23(28-15-5-7-16-6-1-3-9-20(16)28)25(31)29(24(22)30)21-10-4-2-8-19(21)27/h1-4,6,8-14H,5,7,15H2. The Morgan fingerprint density at radius 2 is 1.48 bits per heavy atom. The fourth-order valence-corrected chi connectivity index (χ4v) is 4.39. The first kappa shape index (κ1) is 19.5. The van der Waals surface area contributed by atoms with Gasteiger partial charge in [-0.1, -0.05) is 54.1 Å². The zero-order valence-corrected chi connectivity index (χ0v) is 17.3. The molecule has 0 aliphatic carbocycles. The van der Waals surface area contributed by atoms with Crippen molar-refractivity contribution in [3.05, 3.63) is 100 Å². The van der Waals surface area contributed by atoms with Gasteiger partial charge in [-0.2, -0.15) is 0 Å². The highest BCUT2D eigenvalue weighted by Crippen LogP contribution is 2.40. The fourth-order valence-electron chi connectivity index (χ4n) is 4.26. The third kappa shape index (κ3) is 3.22. The Kier molecular flexibility index (Phi) is 4.83. The van der Waals surface area contributed by atoms with E-state index in [-0.39, 0.29) is 17.0 Å². The quantitative estimate of drug-likeness (QED) is 0.533. The van der Waals surface area contributed by atoms with Gasteiger partial charge in [0, 0.05) is 17.3 Å². The van der Waals surface area contributed by atoms with E-state index in [2.05, 4.69) is 0 Å². The maximum atomic E-state index is 14.6. The number of carbonyl (C=O) groups is 2. The van der Waals surface area contributed by atoms with Crippen LogP contribution in [-0.4, -0.2) is 18.4 Å². The molecule has 2 heterocycles. The van der Waals surface area contributed by atoms with Gasteiger partial charge in [-0.15, -0.1) is 0 Å². The third-order valence-corrected chi connectivity index (χ3v) is 5.92. The van der Waals surface area contributed by atoms with Crippen molar-refractivity contribution in [2.75, 3.05) is 16.3 Å². The second-order valence-electron chi connectivity index (χ2n) is 7.51. The zero-order chi connectivity index (χ0) is 21.5. The van der Waals surface area contributed by atoms with Gasteiger partial charge in [0.05, 0.1) is 11.3 Å². The zero-order valence-electron chi connectivity index (χ0n) is 16.5. The molecule has 0 spiro atoms. The van der Waals surface area contributed by atoms with Crippen LogP contribution in [0.15, 0.2) is 78.5 Å². The summed E-state index contributed by atoms with van der Waals surface area (Å²) in [5.41, 5.74) is 3.04. The maximum absolute atomic E-state index is 14.6. The van der Waals surface area contributed by atoms with Crippen molar-refractivity contribution < 1.29 is 14.0 Å². The molecule has 31 heavy (non-hydrogen) atoms. The molecule has 0 fully saturated rings. The van der Waals surface area contributed by atoms with Crippen molar-refractivity contribution in [3.63, 3.8) is 0 Å². The Hall–Kier alpha value is -3.44. The summed E-state index contributed by atoms with van der Waals surface area (Å²) in [4.78, 5) is 30.0. The van der Waals surface area contributed by atoms with Crippen molar-refractivity contribution >= 4 is 40.4 Å². The second-order valence-corrected chi connectivity index (χ2v) is 7.95. The van der Waals surface area contributed by atoms with Crippen LogP contribution in [0, 0.1) is 5.82 Å². The number of fused-ring (bicyclic) bond motifs is 1. The molecule has 2 aliphatic rings. The minimum Gasteiger partial charge on any atom is -0.336 e. The van der Waals surface area contributed by atoms with Crippen LogP contribution < -0.4 is 9.80 Å². The minimum atomic E-state index is -0.625. The molecule has 3 aromatic carbocycles. The molecule has 0 saturated heterocycles. The van der Waals surface area contributed by atoms with Gasteiger partial charge in [-0.05, 0) is 54.3 Å². The minimum absolute atomic E-state index is 0.0516. The van der Waals surface area contributed by atoms with E-state index < -0.39 is 17.6 Å². The van der Waals surface area contributed by atoms with Gasteiger partial charge in [0.15, 0.2) is 0 Å². The lowest BCUT2D eigenvalue weighted by Crippen LogP contribution is -2.37. The second kappa shape index (κ2) is 7.67. The molecule has 0 radical (unpaired) electrons. The van der Waals surface area contributed by atoms with Gasteiger partial charge in [-0.25, -0.2) is 9.29 Å². The van der Waals surface area contributed by atoms with E-state index in [1.165, 1.54) is 18.2 Å². The molecule has 2 amide bonds. The lowest BCUT2D eigenvalue weighted by atomic mass is 9.98. The topological polar surface area (TPSA) is 40.6 Å². The van der Waals surface area contributed by atoms with E-state index >= 15 is 0 Å². The normalized spacial score (nSPS) is 16.2. The van der Waals surface area contributed by atoms with E-state index in [0.717, 1.165) is 29.0 Å². The molecule has 0 N–H and O–H groups in total. The Morgan fingerprint density at radius 1 is 0.806 bits per heavy atom. The van der Waals surface area contributed by atoms with Crippen LogP contribution in [0.3, 0.4) is 0 Å². The number of imide groups is 1. The van der Waals surface area contributed by atoms with Crippen LogP contribution in [0.1, 0.15) is 17.5 Å². The number of hydrogen-bond donors (Lipinski definition) is 0. The number of amides is 2. The smallest absolute Gasteiger partial charge is 0.282 e. The summed E-state index contributed by atoms with van der Waals surface area (Å²) >= 11 is 6.04. The van der Waals surface area contributed by atoms with Crippen molar-refractivity contribution in [2.45, 2.75) is 12.8 Å². The first-order valence-electron chi connectivity index (χ1n) is 10.1. The molecule has 2 aliphatic heterocycles. The van der Waals surface area contributed by atoms with Gasteiger partial charge < -0.3 is 4.90 Å². The van der Waals surface area contributed by atoms with Crippen molar-refractivity contribution in [1.82, 2.24) is 0 Å². The summed E-state index contributed by atoms with van der Waals surface area (Å²) < 4.78 is 14.6. The third-order valence-electron chi connectivity index (χ3n) is 5.67. The van der Waals surface area contributed by atoms with E-state index in [4.69, 9.17) is 11.6 Å². The van der Waals surface area contributed by atoms with Crippen LogP contribution in [0.2, 0.25) is 5.02 Å². The molecule has 0 atom stereocenters. The van der Waals surface area contributed by atoms with Crippen molar-refractivity contribution in [3.8, 4) is 0 Å². The summed E-state index contributed by atoms with van der Waals surface area (Å²) in [6, 6.07) is 20.4. The molecule has 4 nitrogen and oxygen atoms in total. The van der Waals surface area contributed by atoms with Crippen LogP contribution in [0.5, 0.6) is 0 Å². The number of nitrogens with zero attached hydrogens (tertiary/aromatic N) is 2. The Bertz CT molecular complexity index is 1240. The summed E-state index contributed by atoms with van der Waals surface area (Å²) in [6.45, 7) is 0.591. The highest BCUT2D eigenvalue weighted by atomic mass is 35.5.